The van der Waals surface area contributed by atoms with Crippen LogP contribution in [-0.2, 0) is 9.84 Å². The molecule has 0 unspecified atom stereocenters. The summed E-state index contributed by atoms with van der Waals surface area (Å²) in [5, 5.41) is 17.0. The highest BCUT2D eigenvalue weighted by Gasteiger charge is 2.32. The molecule has 7 nitrogen and oxygen atoms in total. The summed E-state index contributed by atoms with van der Waals surface area (Å²) in [6, 6.07) is 15.2. The number of hydrazone groups is 1. The van der Waals surface area contributed by atoms with Crippen LogP contribution in [0.5, 0.6) is 0 Å². The number of rotatable bonds is 5. The molecular formula is C17H17N3O4S. The van der Waals surface area contributed by atoms with Crippen LogP contribution < -0.4 is 5.01 Å². The van der Waals surface area contributed by atoms with Crippen LogP contribution in [0, 0.1) is 10.1 Å². The average Bonchev–Trinajstić information content (AvgIpc) is 2.96. The Morgan fingerprint density at radius 3 is 2.56 bits per heavy atom. The van der Waals surface area contributed by atoms with Crippen molar-refractivity contribution in [1.29, 1.82) is 0 Å². The standard InChI is InChI=1S/C17H17N3O4S/c21-20(22)16-8-4-5-14(11-16)12-18-19(15-6-2-1-3-7-15)17-9-10-25(23,24)13-17/h1-8,11-12,17H,9-10,13H2/b18-12+/t17-/m1/s1. The average molecular weight is 359 g/mol. The van der Waals surface area contributed by atoms with Gasteiger partial charge in [-0.15, -0.1) is 0 Å². The van der Waals surface area contributed by atoms with Gasteiger partial charge in [-0.3, -0.25) is 15.1 Å². The lowest BCUT2D eigenvalue weighted by molar-refractivity contribution is -0.384. The van der Waals surface area contributed by atoms with Gasteiger partial charge in [-0.2, -0.15) is 5.10 Å². The Hall–Kier alpha value is -2.74. The van der Waals surface area contributed by atoms with Gasteiger partial charge in [0.2, 0.25) is 0 Å². The summed E-state index contributed by atoms with van der Waals surface area (Å²) < 4.78 is 23.6. The van der Waals surface area contributed by atoms with Gasteiger partial charge in [-0.25, -0.2) is 8.42 Å². The summed E-state index contributed by atoms with van der Waals surface area (Å²) >= 11 is 0. The first kappa shape index (κ1) is 17.1. The molecule has 2 aromatic rings. The van der Waals surface area contributed by atoms with Crippen molar-refractivity contribution in [3.8, 4) is 0 Å². The molecule has 1 aliphatic rings. The van der Waals surface area contributed by atoms with Gasteiger partial charge in [0.15, 0.2) is 9.84 Å². The molecular weight excluding hydrogens is 342 g/mol. The van der Waals surface area contributed by atoms with E-state index in [1.165, 1.54) is 18.3 Å². The van der Waals surface area contributed by atoms with E-state index in [-0.39, 0.29) is 23.2 Å². The number of nitrogens with zero attached hydrogens (tertiary/aromatic N) is 3. The molecule has 1 heterocycles. The quantitative estimate of drug-likeness (QED) is 0.465. The second kappa shape index (κ2) is 7.02. The van der Waals surface area contributed by atoms with Crippen LogP contribution in [0.2, 0.25) is 0 Å². The topological polar surface area (TPSA) is 92.9 Å². The van der Waals surface area contributed by atoms with Gasteiger partial charge in [-0.1, -0.05) is 30.3 Å². The van der Waals surface area contributed by atoms with Crippen LogP contribution in [0.25, 0.3) is 0 Å². The number of nitro benzene ring substituents is 1. The first-order chi connectivity index (χ1) is 11.9. The molecule has 130 valence electrons. The summed E-state index contributed by atoms with van der Waals surface area (Å²) in [7, 11) is -3.05. The number of para-hydroxylation sites is 1. The van der Waals surface area contributed by atoms with Crippen molar-refractivity contribution in [2.45, 2.75) is 12.5 Å². The van der Waals surface area contributed by atoms with Crippen molar-refractivity contribution in [2.24, 2.45) is 5.10 Å². The maximum absolute atomic E-state index is 11.8. The summed E-state index contributed by atoms with van der Waals surface area (Å²) in [5.74, 6) is 0.196. The summed E-state index contributed by atoms with van der Waals surface area (Å²) in [4.78, 5) is 10.4. The fourth-order valence-electron chi connectivity index (χ4n) is 2.77. The van der Waals surface area contributed by atoms with Gasteiger partial charge in [0.05, 0.1) is 34.4 Å². The zero-order valence-electron chi connectivity index (χ0n) is 13.4. The molecule has 2 aromatic carbocycles. The minimum atomic E-state index is -3.05. The maximum Gasteiger partial charge on any atom is 0.270 e. The van der Waals surface area contributed by atoms with E-state index in [2.05, 4.69) is 5.10 Å². The van der Waals surface area contributed by atoms with Crippen molar-refractivity contribution in [1.82, 2.24) is 0 Å². The molecule has 3 rings (SSSR count). The van der Waals surface area contributed by atoms with Crippen molar-refractivity contribution >= 4 is 27.4 Å². The number of anilines is 1. The van der Waals surface area contributed by atoms with Gasteiger partial charge < -0.3 is 0 Å². The Morgan fingerprint density at radius 2 is 1.92 bits per heavy atom. The number of nitro groups is 1. The Labute approximate surface area is 145 Å². The molecule has 1 saturated heterocycles. The van der Waals surface area contributed by atoms with Crippen molar-refractivity contribution in [3.63, 3.8) is 0 Å². The van der Waals surface area contributed by atoms with Crippen LogP contribution in [-0.4, -0.2) is 37.1 Å². The van der Waals surface area contributed by atoms with Crippen molar-refractivity contribution in [3.05, 3.63) is 70.3 Å². The third-order valence-corrected chi connectivity index (χ3v) is 5.74. The monoisotopic (exact) mass is 359 g/mol. The van der Waals surface area contributed by atoms with E-state index in [9.17, 15) is 18.5 Å². The zero-order valence-corrected chi connectivity index (χ0v) is 14.2. The Bertz CT molecular complexity index is 897. The number of benzene rings is 2. The van der Waals surface area contributed by atoms with Crippen LogP contribution in [0.1, 0.15) is 12.0 Å². The van der Waals surface area contributed by atoms with E-state index >= 15 is 0 Å². The summed E-state index contributed by atoms with van der Waals surface area (Å²) in [6.07, 6.45) is 2.02. The van der Waals surface area contributed by atoms with E-state index < -0.39 is 14.8 Å². The van der Waals surface area contributed by atoms with E-state index in [1.54, 1.807) is 17.1 Å². The Balaban J connectivity index is 1.90. The normalized spacial score (nSPS) is 19.1. The predicted octanol–water partition coefficient (Wildman–Crippen LogP) is 2.62. The lowest BCUT2D eigenvalue weighted by Crippen LogP contribution is -2.31. The van der Waals surface area contributed by atoms with Gasteiger partial charge in [-0.05, 0) is 18.6 Å². The molecule has 25 heavy (non-hydrogen) atoms. The first-order valence-corrected chi connectivity index (χ1v) is 9.60. The number of sulfone groups is 1. The van der Waals surface area contributed by atoms with E-state index in [1.807, 2.05) is 30.3 Å². The van der Waals surface area contributed by atoms with Gasteiger partial charge in [0.25, 0.3) is 5.69 Å². The third-order valence-electron chi connectivity index (χ3n) is 3.99. The molecule has 0 N–H and O–H groups in total. The minimum Gasteiger partial charge on any atom is -0.261 e. The second-order valence-corrected chi connectivity index (χ2v) is 8.06. The molecule has 1 fully saturated rings. The predicted molar refractivity (Wildman–Crippen MR) is 96.7 cm³/mol. The van der Waals surface area contributed by atoms with Gasteiger partial charge in [0.1, 0.15) is 0 Å². The van der Waals surface area contributed by atoms with E-state index in [0.29, 0.717) is 12.0 Å². The number of hydrogen-bond donors (Lipinski definition) is 0. The molecule has 8 heteroatoms. The molecule has 1 atom stereocenters. The first-order valence-electron chi connectivity index (χ1n) is 7.78. The molecule has 0 spiro atoms. The fraction of sp³-hybridized carbons (Fsp3) is 0.235. The molecule has 1 aliphatic heterocycles. The molecule has 0 saturated carbocycles. The summed E-state index contributed by atoms with van der Waals surface area (Å²) in [5.41, 5.74) is 1.35. The number of non-ortho nitro benzene ring substituents is 1. The smallest absolute Gasteiger partial charge is 0.261 e. The van der Waals surface area contributed by atoms with E-state index in [0.717, 1.165) is 5.69 Å². The second-order valence-electron chi connectivity index (χ2n) is 5.83. The molecule has 0 aliphatic carbocycles. The Morgan fingerprint density at radius 1 is 1.16 bits per heavy atom. The largest absolute Gasteiger partial charge is 0.270 e. The van der Waals surface area contributed by atoms with Crippen LogP contribution in [0.4, 0.5) is 11.4 Å². The minimum absolute atomic E-state index is 0.0151. The highest BCUT2D eigenvalue weighted by atomic mass is 32.2. The maximum atomic E-state index is 11.8. The van der Waals surface area contributed by atoms with Crippen LogP contribution in [0.3, 0.4) is 0 Å². The SMILES string of the molecule is O=[N+]([O-])c1cccc(/C=N/N(c2ccccc2)[C@@H]2CCS(=O)(=O)C2)c1. The third kappa shape index (κ3) is 4.21. The molecule has 0 aromatic heterocycles. The number of hydrogen-bond acceptors (Lipinski definition) is 6. The van der Waals surface area contributed by atoms with Crippen molar-refractivity contribution in [2.75, 3.05) is 16.5 Å². The highest BCUT2D eigenvalue weighted by molar-refractivity contribution is 7.91. The van der Waals surface area contributed by atoms with Crippen LogP contribution in [0.15, 0.2) is 59.7 Å². The lowest BCUT2D eigenvalue weighted by atomic mass is 10.2. The zero-order chi connectivity index (χ0) is 17.9. The molecule has 0 amide bonds. The van der Waals surface area contributed by atoms with Gasteiger partial charge >= 0.3 is 0 Å². The molecule has 0 bridgehead atoms. The molecule has 0 radical (unpaired) electrons. The lowest BCUT2D eigenvalue weighted by Gasteiger charge is -2.25. The van der Waals surface area contributed by atoms with Crippen molar-refractivity contribution < 1.29 is 13.3 Å². The fourth-order valence-corrected chi connectivity index (χ4v) is 4.46. The van der Waals surface area contributed by atoms with E-state index in [4.69, 9.17) is 0 Å². The van der Waals surface area contributed by atoms with Gasteiger partial charge in [0, 0.05) is 17.7 Å². The highest BCUT2D eigenvalue weighted by Crippen LogP contribution is 2.24. The summed E-state index contributed by atoms with van der Waals surface area (Å²) in [6.45, 7) is 0. The Kier molecular flexibility index (Phi) is 4.80. The van der Waals surface area contributed by atoms with Crippen LogP contribution >= 0.6 is 0 Å².